The number of nitrogens with zero attached hydrogens (tertiary/aromatic N) is 2. The van der Waals surface area contributed by atoms with Gasteiger partial charge in [-0.3, -0.25) is 4.90 Å². The van der Waals surface area contributed by atoms with Crippen LogP contribution in [-0.4, -0.2) is 29.0 Å². The van der Waals surface area contributed by atoms with Gasteiger partial charge in [0, 0.05) is 24.5 Å². The lowest BCUT2D eigenvalue weighted by molar-refractivity contribution is 0.199. The highest BCUT2D eigenvalue weighted by Crippen LogP contribution is 2.15. The Morgan fingerprint density at radius 3 is 3.20 bits per heavy atom. The van der Waals surface area contributed by atoms with Gasteiger partial charge < -0.3 is 5.73 Å². The lowest BCUT2D eigenvalue weighted by Crippen LogP contribution is -2.42. The third-order valence-corrected chi connectivity index (χ3v) is 3.87. The molecule has 2 rings (SSSR count). The van der Waals surface area contributed by atoms with Crippen LogP contribution in [0.25, 0.3) is 0 Å². The first-order chi connectivity index (χ1) is 7.28. The Morgan fingerprint density at radius 2 is 2.53 bits per heavy atom. The fourth-order valence-corrected chi connectivity index (χ4v) is 2.78. The van der Waals surface area contributed by atoms with Crippen LogP contribution in [0, 0.1) is 0 Å². The van der Waals surface area contributed by atoms with Crippen LogP contribution in [0.15, 0.2) is 5.38 Å². The molecule has 2 N–H and O–H groups in total. The molecule has 1 atom stereocenters. The molecule has 1 aliphatic rings. The summed E-state index contributed by atoms with van der Waals surface area (Å²) in [6.45, 7) is 5.33. The van der Waals surface area contributed by atoms with Gasteiger partial charge in [-0.2, -0.15) is 0 Å². The van der Waals surface area contributed by atoms with E-state index in [1.54, 1.807) is 11.3 Å². The molecule has 4 heteroatoms. The van der Waals surface area contributed by atoms with Crippen LogP contribution in [0.3, 0.4) is 0 Å². The van der Waals surface area contributed by atoms with E-state index in [9.17, 15) is 0 Å². The summed E-state index contributed by atoms with van der Waals surface area (Å²) >= 11 is 1.77. The van der Waals surface area contributed by atoms with Crippen molar-refractivity contribution in [3.63, 3.8) is 0 Å². The van der Waals surface area contributed by atoms with Crippen molar-refractivity contribution >= 4 is 11.3 Å². The van der Waals surface area contributed by atoms with Gasteiger partial charge in [0.1, 0.15) is 0 Å². The van der Waals surface area contributed by atoms with E-state index in [1.807, 2.05) is 0 Å². The highest BCUT2D eigenvalue weighted by atomic mass is 32.1. The first-order valence-corrected chi connectivity index (χ1v) is 6.57. The third-order valence-electron chi connectivity index (χ3n) is 2.83. The zero-order valence-corrected chi connectivity index (χ0v) is 10.1. The molecular formula is C11H19N3S. The normalized spacial score (nSPS) is 23.2. The van der Waals surface area contributed by atoms with Gasteiger partial charge in [-0.25, -0.2) is 4.98 Å². The predicted octanol–water partition coefficient (Wildman–Crippen LogP) is 1.63. The molecule has 0 radical (unpaired) electrons. The minimum atomic E-state index is 0.364. The molecule has 0 aromatic carbocycles. The average molecular weight is 225 g/mol. The summed E-state index contributed by atoms with van der Waals surface area (Å²) in [7, 11) is 0. The third kappa shape index (κ3) is 3.00. The first-order valence-electron chi connectivity index (χ1n) is 5.69. The predicted molar refractivity (Wildman–Crippen MR) is 64.0 cm³/mol. The standard InChI is InChI=1S/C11H19N3S/c1-2-11-13-10(8-15-11)7-14-5-3-4-9(12)6-14/h8-9H,2-7,12H2,1H3/t9-/m1/s1. The molecule has 0 spiro atoms. The number of hydrogen-bond donors (Lipinski definition) is 1. The number of piperidine rings is 1. The highest BCUT2D eigenvalue weighted by molar-refractivity contribution is 7.09. The summed E-state index contributed by atoms with van der Waals surface area (Å²) in [5, 5.41) is 3.42. The van der Waals surface area contributed by atoms with Crippen molar-refractivity contribution in [2.45, 2.75) is 38.8 Å². The van der Waals surface area contributed by atoms with Crippen LogP contribution in [0.4, 0.5) is 0 Å². The molecule has 1 saturated heterocycles. The molecule has 1 fully saturated rings. The largest absolute Gasteiger partial charge is 0.327 e. The van der Waals surface area contributed by atoms with Crippen LogP contribution in [0.1, 0.15) is 30.5 Å². The van der Waals surface area contributed by atoms with Crippen molar-refractivity contribution in [2.24, 2.45) is 5.73 Å². The summed E-state index contributed by atoms with van der Waals surface area (Å²) in [5.74, 6) is 0. The second-order valence-corrected chi connectivity index (χ2v) is 5.17. The quantitative estimate of drug-likeness (QED) is 0.850. The van der Waals surface area contributed by atoms with Crippen molar-refractivity contribution < 1.29 is 0 Å². The van der Waals surface area contributed by atoms with E-state index in [1.165, 1.54) is 30.1 Å². The second kappa shape index (κ2) is 5.05. The Hall–Kier alpha value is -0.450. The van der Waals surface area contributed by atoms with E-state index in [2.05, 4.69) is 22.2 Å². The topological polar surface area (TPSA) is 42.2 Å². The Morgan fingerprint density at radius 1 is 1.67 bits per heavy atom. The zero-order chi connectivity index (χ0) is 10.7. The van der Waals surface area contributed by atoms with Gasteiger partial charge in [0.05, 0.1) is 10.7 Å². The summed E-state index contributed by atoms with van der Waals surface area (Å²) in [4.78, 5) is 7.00. The van der Waals surface area contributed by atoms with Crippen LogP contribution in [0.5, 0.6) is 0 Å². The number of hydrogen-bond acceptors (Lipinski definition) is 4. The molecule has 1 aromatic heterocycles. The molecule has 1 aromatic rings. The fraction of sp³-hybridized carbons (Fsp3) is 0.727. The maximum atomic E-state index is 5.95. The number of nitrogens with two attached hydrogens (primary N) is 1. The van der Waals surface area contributed by atoms with Gasteiger partial charge >= 0.3 is 0 Å². The van der Waals surface area contributed by atoms with Crippen LogP contribution in [-0.2, 0) is 13.0 Å². The van der Waals surface area contributed by atoms with Gasteiger partial charge in [-0.1, -0.05) is 6.92 Å². The maximum absolute atomic E-state index is 5.95. The monoisotopic (exact) mass is 225 g/mol. The number of aryl methyl sites for hydroxylation is 1. The summed E-state index contributed by atoms with van der Waals surface area (Å²) in [6, 6.07) is 0.364. The fourth-order valence-electron chi connectivity index (χ4n) is 2.05. The molecule has 3 nitrogen and oxygen atoms in total. The Balaban J connectivity index is 1.90. The average Bonchev–Trinajstić information content (AvgIpc) is 2.65. The van der Waals surface area contributed by atoms with Crippen LogP contribution in [0.2, 0.25) is 0 Å². The molecule has 0 aliphatic carbocycles. The van der Waals surface area contributed by atoms with Crippen LogP contribution >= 0.6 is 11.3 Å². The molecule has 0 bridgehead atoms. The SMILES string of the molecule is CCc1nc(CN2CCC[C@@H](N)C2)cs1. The van der Waals surface area contributed by atoms with Gasteiger partial charge in [0.2, 0.25) is 0 Å². The summed E-state index contributed by atoms with van der Waals surface area (Å²) < 4.78 is 0. The van der Waals surface area contributed by atoms with Crippen molar-refractivity contribution in [1.29, 1.82) is 0 Å². The van der Waals surface area contributed by atoms with E-state index in [4.69, 9.17) is 5.73 Å². The molecule has 84 valence electrons. The maximum Gasteiger partial charge on any atom is 0.0926 e. The second-order valence-electron chi connectivity index (χ2n) is 4.22. The van der Waals surface area contributed by atoms with E-state index < -0.39 is 0 Å². The smallest absolute Gasteiger partial charge is 0.0926 e. The van der Waals surface area contributed by atoms with Gasteiger partial charge in [-0.05, 0) is 25.8 Å². The number of aromatic nitrogens is 1. The number of rotatable bonds is 3. The van der Waals surface area contributed by atoms with Crippen LogP contribution < -0.4 is 5.73 Å². The zero-order valence-electron chi connectivity index (χ0n) is 9.28. The summed E-state index contributed by atoms with van der Waals surface area (Å²) in [6.07, 6.45) is 3.45. The lowest BCUT2D eigenvalue weighted by atomic mass is 10.1. The molecule has 0 saturated carbocycles. The minimum absolute atomic E-state index is 0.364. The van der Waals surface area contributed by atoms with Gasteiger partial charge in [-0.15, -0.1) is 11.3 Å². The first kappa shape index (κ1) is 11.0. The molecule has 1 aliphatic heterocycles. The Bertz CT molecular complexity index is 311. The Kier molecular flexibility index (Phi) is 3.72. The minimum Gasteiger partial charge on any atom is -0.327 e. The van der Waals surface area contributed by atoms with Crippen molar-refractivity contribution in [3.8, 4) is 0 Å². The van der Waals surface area contributed by atoms with E-state index in [-0.39, 0.29) is 0 Å². The number of likely N-dealkylation sites (tertiary alicyclic amines) is 1. The molecule has 0 amide bonds. The molecule has 2 heterocycles. The molecular weight excluding hydrogens is 206 g/mol. The van der Waals surface area contributed by atoms with Gasteiger partial charge in [0.25, 0.3) is 0 Å². The molecule has 15 heavy (non-hydrogen) atoms. The lowest BCUT2D eigenvalue weighted by Gasteiger charge is -2.29. The van der Waals surface area contributed by atoms with Crippen molar-refractivity contribution in [3.05, 3.63) is 16.1 Å². The van der Waals surface area contributed by atoms with Gasteiger partial charge in [0.15, 0.2) is 0 Å². The van der Waals surface area contributed by atoms with E-state index >= 15 is 0 Å². The number of thiazole rings is 1. The molecule has 0 unspecified atom stereocenters. The van der Waals surface area contributed by atoms with Crippen molar-refractivity contribution in [1.82, 2.24) is 9.88 Å². The van der Waals surface area contributed by atoms with Crippen molar-refractivity contribution in [2.75, 3.05) is 13.1 Å². The summed E-state index contributed by atoms with van der Waals surface area (Å²) in [5.41, 5.74) is 7.16. The van der Waals surface area contributed by atoms with E-state index in [0.717, 1.165) is 19.5 Å². The highest BCUT2D eigenvalue weighted by Gasteiger charge is 2.17. The van der Waals surface area contributed by atoms with E-state index in [0.29, 0.717) is 6.04 Å². The Labute approximate surface area is 95.3 Å².